The third-order valence-corrected chi connectivity index (χ3v) is 6.46. The van der Waals surface area contributed by atoms with Gasteiger partial charge in [0.15, 0.2) is 6.10 Å². The van der Waals surface area contributed by atoms with Crippen molar-refractivity contribution in [1.29, 1.82) is 0 Å². The summed E-state index contributed by atoms with van der Waals surface area (Å²) in [5.74, 6) is -3.73. The van der Waals surface area contributed by atoms with Crippen molar-refractivity contribution in [2.75, 3.05) is 39.6 Å². The van der Waals surface area contributed by atoms with Gasteiger partial charge in [-0.25, -0.2) is 0 Å². The molecule has 1 rings (SSSR count). The number of aliphatic hydroxyl groups excluding tert-OH is 1. The number of hydrogen-bond donors (Lipinski definition) is 1. The molecule has 0 bridgehead atoms. The number of rotatable bonds is 23. The van der Waals surface area contributed by atoms with Crippen molar-refractivity contribution in [2.45, 2.75) is 142 Å². The van der Waals surface area contributed by atoms with Crippen LogP contribution in [-0.2, 0) is 28.4 Å². The summed E-state index contributed by atoms with van der Waals surface area (Å²) in [5.41, 5.74) is 0. The molecule has 0 aromatic carbocycles. The van der Waals surface area contributed by atoms with E-state index in [0.29, 0.717) is 32.7 Å². The summed E-state index contributed by atoms with van der Waals surface area (Å²) in [4.78, 5) is 0. The lowest BCUT2D eigenvalue weighted by molar-refractivity contribution is -0.343. The van der Waals surface area contributed by atoms with Crippen LogP contribution in [0.1, 0.15) is 98.8 Å². The molecule has 1 saturated heterocycles. The summed E-state index contributed by atoms with van der Waals surface area (Å²) >= 11 is 0. The SMILES string of the molecule is CCCCOC[C@H]1O[C@H](C(F)(F)C(O)OCCCC)[C@H](OCCCC)[C@@H](OCCCC)[C@H]1OCCCC. The van der Waals surface area contributed by atoms with Crippen LogP contribution in [0.15, 0.2) is 0 Å². The number of aliphatic hydroxyl groups is 1. The van der Waals surface area contributed by atoms with Gasteiger partial charge in [-0.15, -0.1) is 0 Å². The highest BCUT2D eigenvalue weighted by Gasteiger charge is 2.60. The lowest BCUT2D eigenvalue weighted by Crippen LogP contribution is -2.67. The molecule has 0 aromatic heterocycles. The first-order valence-corrected chi connectivity index (χ1v) is 14.6. The highest BCUT2D eigenvalue weighted by molar-refractivity contribution is 5.01. The van der Waals surface area contributed by atoms with Crippen molar-refractivity contribution >= 4 is 0 Å². The molecule has 0 radical (unpaired) electrons. The van der Waals surface area contributed by atoms with Crippen molar-refractivity contribution < 1.29 is 42.3 Å². The van der Waals surface area contributed by atoms with Gasteiger partial charge in [-0.05, 0) is 32.1 Å². The highest BCUT2D eigenvalue weighted by Crippen LogP contribution is 2.38. The van der Waals surface area contributed by atoms with Crippen LogP contribution in [0.25, 0.3) is 0 Å². The van der Waals surface area contributed by atoms with Gasteiger partial charge in [0.25, 0.3) is 0 Å². The topological polar surface area (TPSA) is 75.6 Å². The molecule has 1 aliphatic rings. The predicted octanol–water partition coefficient (Wildman–Crippen LogP) is 5.90. The molecule has 1 fully saturated rings. The monoisotopic (exact) mass is 540 g/mol. The third-order valence-electron chi connectivity index (χ3n) is 6.46. The van der Waals surface area contributed by atoms with E-state index in [9.17, 15) is 5.11 Å². The first-order chi connectivity index (χ1) is 17.9. The van der Waals surface area contributed by atoms with E-state index >= 15 is 8.78 Å². The molecule has 6 atom stereocenters. The molecular weight excluding hydrogens is 486 g/mol. The van der Waals surface area contributed by atoms with Gasteiger partial charge in [-0.3, -0.25) is 0 Å². The number of unbranched alkanes of at least 4 members (excludes halogenated alkanes) is 5. The Hall–Kier alpha value is -0.420. The number of ether oxygens (including phenoxy) is 6. The fourth-order valence-electron chi connectivity index (χ4n) is 4.06. The van der Waals surface area contributed by atoms with Crippen LogP contribution >= 0.6 is 0 Å². The van der Waals surface area contributed by atoms with Crippen LogP contribution in [0.5, 0.6) is 0 Å². The van der Waals surface area contributed by atoms with E-state index in [2.05, 4.69) is 13.8 Å². The minimum absolute atomic E-state index is 0.0318. The summed E-state index contributed by atoms with van der Waals surface area (Å²) in [7, 11) is 0. The Morgan fingerprint density at radius 1 is 0.676 bits per heavy atom. The van der Waals surface area contributed by atoms with Gasteiger partial charge in [0, 0.05) is 33.0 Å². The minimum Gasteiger partial charge on any atom is -0.379 e. The molecule has 0 aromatic rings. The normalized spacial score (nSPS) is 25.5. The first kappa shape index (κ1) is 34.6. The fourth-order valence-corrected chi connectivity index (χ4v) is 4.06. The molecule has 7 nitrogen and oxygen atoms in total. The van der Waals surface area contributed by atoms with E-state index in [1.165, 1.54) is 0 Å². The Bertz CT molecular complexity index is 541. The summed E-state index contributed by atoms with van der Waals surface area (Å²) in [6.07, 6.45) is 0.674. The van der Waals surface area contributed by atoms with E-state index in [1.54, 1.807) is 0 Å². The standard InChI is InChI=1S/C28H54F2O7/c1-6-11-16-32-21-22-23(33-17-12-7-2)24(34-18-13-8-3)25(35-19-14-9-4)26(37-22)28(29,30)27(31)36-20-15-10-5/h22-27,31H,6-21H2,1-5H3/t22-,23+,24+,25-,26+,27?/m1/s1. The van der Waals surface area contributed by atoms with Crippen LogP contribution in [-0.4, -0.2) is 87.5 Å². The second kappa shape index (κ2) is 20.5. The van der Waals surface area contributed by atoms with Gasteiger partial charge in [-0.1, -0.05) is 66.7 Å². The summed E-state index contributed by atoms with van der Waals surface area (Å²) in [6, 6.07) is 0. The van der Waals surface area contributed by atoms with Crippen LogP contribution < -0.4 is 0 Å². The molecule has 1 N–H and O–H groups in total. The Morgan fingerprint density at radius 2 is 1.14 bits per heavy atom. The van der Waals surface area contributed by atoms with E-state index < -0.39 is 42.7 Å². The van der Waals surface area contributed by atoms with Crippen molar-refractivity contribution in [3.8, 4) is 0 Å². The first-order valence-electron chi connectivity index (χ1n) is 14.6. The van der Waals surface area contributed by atoms with Gasteiger partial charge in [0.05, 0.1) is 6.61 Å². The van der Waals surface area contributed by atoms with Crippen LogP contribution in [0, 0.1) is 0 Å². The molecule has 1 heterocycles. The van der Waals surface area contributed by atoms with Crippen LogP contribution in [0.4, 0.5) is 8.78 Å². The molecule has 37 heavy (non-hydrogen) atoms. The maximum atomic E-state index is 15.8. The Balaban J connectivity index is 3.31. The van der Waals surface area contributed by atoms with Crippen molar-refractivity contribution in [3.63, 3.8) is 0 Å². The molecule has 0 saturated carbocycles. The maximum Gasteiger partial charge on any atom is 0.325 e. The van der Waals surface area contributed by atoms with Gasteiger partial charge in [0.1, 0.15) is 24.4 Å². The molecular formula is C28H54F2O7. The van der Waals surface area contributed by atoms with E-state index in [4.69, 9.17) is 28.4 Å². The van der Waals surface area contributed by atoms with Crippen molar-refractivity contribution in [3.05, 3.63) is 0 Å². The van der Waals surface area contributed by atoms with Crippen molar-refractivity contribution in [2.24, 2.45) is 0 Å². The van der Waals surface area contributed by atoms with Crippen LogP contribution in [0.2, 0.25) is 0 Å². The molecule has 0 spiro atoms. The second-order valence-electron chi connectivity index (χ2n) is 9.84. The third kappa shape index (κ3) is 12.1. The van der Waals surface area contributed by atoms with Gasteiger partial charge >= 0.3 is 5.92 Å². The smallest absolute Gasteiger partial charge is 0.325 e. The average Bonchev–Trinajstić information content (AvgIpc) is 2.88. The quantitative estimate of drug-likeness (QED) is 0.128. The predicted molar refractivity (Wildman–Crippen MR) is 140 cm³/mol. The zero-order chi connectivity index (χ0) is 27.5. The maximum absolute atomic E-state index is 15.8. The second-order valence-corrected chi connectivity index (χ2v) is 9.84. The molecule has 222 valence electrons. The molecule has 0 aliphatic carbocycles. The fraction of sp³-hybridized carbons (Fsp3) is 1.00. The van der Waals surface area contributed by atoms with Crippen LogP contribution in [0.3, 0.4) is 0 Å². The number of halogens is 2. The number of hydrogen-bond acceptors (Lipinski definition) is 7. The van der Waals surface area contributed by atoms with Gasteiger partial charge < -0.3 is 33.5 Å². The van der Waals surface area contributed by atoms with Crippen molar-refractivity contribution in [1.82, 2.24) is 0 Å². The largest absolute Gasteiger partial charge is 0.379 e. The number of alkyl halides is 2. The minimum atomic E-state index is -3.73. The summed E-state index contributed by atoms with van der Waals surface area (Å²) < 4.78 is 67.1. The van der Waals surface area contributed by atoms with E-state index in [1.807, 2.05) is 20.8 Å². The molecule has 9 heteroatoms. The summed E-state index contributed by atoms with van der Waals surface area (Å²) in [5, 5.41) is 10.4. The Morgan fingerprint density at radius 3 is 1.68 bits per heavy atom. The Kier molecular flexibility index (Phi) is 19.2. The zero-order valence-corrected chi connectivity index (χ0v) is 23.9. The molecule has 1 unspecified atom stereocenters. The van der Waals surface area contributed by atoms with Gasteiger partial charge in [-0.2, -0.15) is 8.78 Å². The lowest BCUT2D eigenvalue weighted by atomic mass is 9.90. The van der Waals surface area contributed by atoms with E-state index in [0.717, 1.165) is 51.4 Å². The molecule has 1 aliphatic heterocycles. The highest BCUT2D eigenvalue weighted by atomic mass is 19.3. The summed E-state index contributed by atoms with van der Waals surface area (Å²) in [6.45, 7) is 11.8. The van der Waals surface area contributed by atoms with Gasteiger partial charge in [0.2, 0.25) is 6.29 Å². The van der Waals surface area contributed by atoms with E-state index in [-0.39, 0.29) is 19.8 Å². The average molecular weight is 541 g/mol. The lowest BCUT2D eigenvalue weighted by Gasteiger charge is -2.48. The zero-order valence-electron chi connectivity index (χ0n) is 23.9. The molecule has 0 amide bonds. The Labute approximate surface area is 223 Å².